The molecule has 0 radical (unpaired) electrons. The topological polar surface area (TPSA) is 93.1 Å². The Kier molecular flexibility index (Phi) is 7.83. The maximum Gasteiger partial charge on any atom is 0.309 e. The van der Waals surface area contributed by atoms with E-state index in [2.05, 4.69) is 0 Å². The Hall–Kier alpha value is -1.66. The highest BCUT2D eigenvalue weighted by molar-refractivity contribution is 5.70. The molecule has 5 atom stereocenters. The number of ether oxygens (including phenoxy) is 2. The fourth-order valence-electron chi connectivity index (χ4n) is 2.79. The summed E-state index contributed by atoms with van der Waals surface area (Å²) in [6.07, 6.45) is 3.25. The molecule has 0 amide bonds. The Morgan fingerprint density at radius 3 is 2.60 bits per heavy atom. The molecule has 5 unspecified atom stereocenters. The van der Waals surface area contributed by atoms with Gasteiger partial charge in [0.1, 0.15) is 17.8 Å². The van der Waals surface area contributed by atoms with Crippen LogP contribution in [0.3, 0.4) is 0 Å². The summed E-state index contributed by atoms with van der Waals surface area (Å²) in [5, 5.41) is 20.8. The van der Waals surface area contributed by atoms with Gasteiger partial charge >= 0.3 is 11.9 Å². The second-order valence-electron chi connectivity index (χ2n) is 6.97. The average Bonchev–Trinajstić information content (AvgIpc) is 2.52. The lowest BCUT2D eigenvalue weighted by Crippen LogP contribution is -2.42. The molecule has 0 aromatic heterocycles. The number of carbonyl (C=O) groups is 2. The highest BCUT2D eigenvalue weighted by Crippen LogP contribution is 2.26. The normalized spacial score (nSPS) is 35.3. The average molecular weight is 354 g/mol. The molecule has 1 aliphatic rings. The summed E-state index contributed by atoms with van der Waals surface area (Å²) >= 11 is 0. The molecule has 25 heavy (non-hydrogen) atoms. The van der Waals surface area contributed by atoms with Gasteiger partial charge in [0.05, 0.1) is 12.5 Å². The molecule has 0 fully saturated rings. The Morgan fingerprint density at radius 2 is 2.04 bits per heavy atom. The second kappa shape index (κ2) is 9.15. The van der Waals surface area contributed by atoms with E-state index in [1.165, 1.54) is 6.92 Å². The number of esters is 2. The number of aliphatic hydroxyl groups is 2. The van der Waals surface area contributed by atoms with Crippen LogP contribution in [0.2, 0.25) is 0 Å². The monoisotopic (exact) mass is 354 g/mol. The van der Waals surface area contributed by atoms with Crippen LogP contribution in [-0.4, -0.2) is 46.1 Å². The molecule has 0 saturated heterocycles. The molecule has 0 saturated carbocycles. The van der Waals surface area contributed by atoms with Gasteiger partial charge in [-0.05, 0) is 45.3 Å². The molecule has 2 N–H and O–H groups in total. The van der Waals surface area contributed by atoms with E-state index >= 15 is 0 Å². The Morgan fingerprint density at radius 1 is 1.40 bits per heavy atom. The van der Waals surface area contributed by atoms with Crippen LogP contribution in [0.1, 0.15) is 53.9 Å². The van der Waals surface area contributed by atoms with Crippen molar-refractivity contribution < 1.29 is 29.3 Å². The van der Waals surface area contributed by atoms with Crippen molar-refractivity contribution in [3.63, 3.8) is 0 Å². The van der Waals surface area contributed by atoms with E-state index in [1.807, 2.05) is 26.8 Å². The van der Waals surface area contributed by atoms with Crippen LogP contribution in [0.5, 0.6) is 0 Å². The minimum atomic E-state index is -1.35. The zero-order chi connectivity index (χ0) is 19.2. The van der Waals surface area contributed by atoms with Crippen LogP contribution in [-0.2, 0) is 19.1 Å². The second-order valence-corrected chi connectivity index (χ2v) is 6.97. The molecule has 6 heteroatoms. The maximum absolute atomic E-state index is 12.1. The van der Waals surface area contributed by atoms with Gasteiger partial charge in [0, 0.05) is 12.8 Å². The van der Waals surface area contributed by atoms with Crippen molar-refractivity contribution in [3.05, 3.63) is 23.8 Å². The van der Waals surface area contributed by atoms with Gasteiger partial charge in [0.25, 0.3) is 0 Å². The fourth-order valence-corrected chi connectivity index (χ4v) is 2.79. The van der Waals surface area contributed by atoms with Crippen molar-refractivity contribution in [2.45, 2.75) is 77.8 Å². The molecule has 1 heterocycles. The minimum absolute atomic E-state index is 0.141. The van der Waals surface area contributed by atoms with E-state index in [0.29, 0.717) is 0 Å². The van der Waals surface area contributed by atoms with Crippen molar-refractivity contribution >= 4 is 11.9 Å². The molecular weight excluding hydrogens is 324 g/mol. The minimum Gasteiger partial charge on any atom is -0.457 e. The van der Waals surface area contributed by atoms with Gasteiger partial charge in [-0.1, -0.05) is 19.1 Å². The number of aliphatic hydroxyl groups excluding tert-OH is 1. The van der Waals surface area contributed by atoms with Gasteiger partial charge in [0.15, 0.2) is 0 Å². The van der Waals surface area contributed by atoms with Crippen molar-refractivity contribution in [1.29, 1.82) is 0 Å². The zero-order valence-corrected chi connectivity index (χ0v) is 15.7. The summed E-state index contributed by atoms with van der Waals surface area (Å²) in [5.41, 5.74) is -0.468. The number of allylic oxidation sites excluding steroid dienone is 1. The SMILES string of the molecule is CC=C(C)C1OC(=O)CC(O)CCC(C)(O)C(OC(C)=O)C=CC1C. The van der Waals surface area contributed by atoms with Crippen molar-refractivity contribution in [2.24, 2.45) is 5.92 Å². The van der Waals surface area contributed by atoms with Crippen LogP contribution < -0.4 is 0 Å². The molecule has 142 valence electrons. The van der Waals surface area contributed by atoms with Crippen molar-refractivity contribution in [2.75, 3.05) is 0 Å². The van der Waals surface area contributed by atoms with E-state index in [-0.39, 0.29) is 25.2 Å². The fraction of sp³-hybridized carbons (Fsp3) is 0.684. The lowest BCUT2D eigenvalue weighted by atomic mass is 9.89. The predicted octanol–water partition coefficient (Wildman–Crippen LogP) is 2.28. The Balaban J connectivity index is 3.20. The standard InChI is InChI=1S/C19H30O6/c1-6-12(2)18-13(3)7-8-16(24-14(4)20)19(5,23)10-9-15(21)11-17(22)25-18/h6-8,13,15-16,18,21,23H,9-11H2,1-5H3. The summed E-state index contributed by atoms with van der Waals surface area (Å²) in [7, 11) is 0. The maximum atomic E-state index is 12.1. The number of cyclic esters (lactones) is 1. The van der Waals surface area contributed by atoms with Gasteiger partial charge < -0.3 is 19.7 Å². The number of hydrogen-bond donors (Lipinski definition) is 2. The predicted molar refractivity (Wildman–Crippen MR) is 93.7 cm³/mol. The van der Waals surface area contributed by atoms with E-state index in [0.717, 1.165) is 5.57 Å². The summed E-state index contributed by atoms with van der Waals surface area (Å²) in [5.74, 6) is -1.16. The first-order valence-electron chi connectivity index (χ1n) is 8.65. The quantitative estimate of drug-likeness (QED) is 0.584. The number of rotatable bonds is 2. The van der Waals surface area contributed by atoms with Gasteiger partial charge in [-0.25, -0.2) is 0 Å². The third-order valence-electron chi connectivity index (χ3n) is 4.52. The van der Waals surface area contributed by atoms with Gasteiger partial charge in [-0.2, -0.15) is 0 Å². The van der Waals surface area contributed by atoms with E-state index < -0.39 is 35.9 Å². The van der Waals surface area contributed by atoms with Gasteiger partial charge in [-0.15, -0.1) is 0 Å². The van der Waals surface area contributed by atoms with E-state index in [9.17, 15) is 19.8 Å². The largest absolute Gasteiger partial charge is 0.457 e. The lowest BCUT2D eigenvalue weighted by Gasteiger charge is -2.32. The van der Waals surface area contributed by atoms with Crippen LogP contribution >= 0.6 is 0 Å². The summed E-state index contributed by atoms with van der Waals surface area (Å²) in [4.78, 5) is 23.5. The number of hydrogen-bond acceptors (Lipinski definition) is 6. The summed E-state index contributed by atoms with van der Waals surface area (Å²) in [6.45, 7) is 8.44. The van der Waals surface area contributed by atoms with Crippen LogP contribution in [0.25, 0.3) is 0 Å². The Bertz CT molecular complexity index is 534. The van der Waals surface area contributed by atoms with Gasteiger partial charge in [0.2, 0.25) is 0 Å². The number of carbonyl (C=O) groups excluding carboxylic acids is 2. The first-order chi connectivity index (χ1) is 11.6. The Labute approximate surface area is 149 Å². The van der Waals surface area contributed by atoms with Crippen molar-refractivity contribution in [1.82, 2.24) is 0 Å². The molecule has 0 aromatic rings. The molecule has 0 aliphatic carbocycles. The van der Waals surface area contributed by atoms with Crippen LogP contribution in [0.15, 0.2) is 23.8 Å². The van der Waals surface area contributed by atoms with E-state index in [4.69, 9.17) is 9.47 Å². The van der Waals surface area contributed by atoms with Gasteiger partial charge in [-0.3, -0.25) is 9.59 Å². The third kappa shape index (κ3) is 6.63. The van der Waals surface area contributed by atoms with E-state index in [1.54, 1.807) is 19.1 Å². The van der Waals surface area contributed by atoms with Crippen LogP contribution in [0, 0.1) is 5.92 Å². The van der Waals surface area contributed by atoms with Crippen molar-refractivity contribution in [3.8, 4) is 0 Å². The van der Waals surface area contributed by atoms with Crippen LogP contribution in [0.4, 0.5) is 0 Å². The lowest BCUT2D eigenvalue weighted by molar-refractivity contribution is -0.157. The first kappa shape index (κ1) is 21.4. The first-order valence-corrected chi connectivity index (χ1v) is 8.65. The highest BCUT2D eigenvalue weighted by atomic mass is 16.6. The molecule has 0 bridgehead atoms. The molecular formula is C19H30O6. The smallest absolute Gasteiger partial charge is 0.309 e. The summed E-state index contributed by atoms with van der Waals surface area (Å²) in [6, 6.07) is 0. The highest BCUT2D eigenvalue weighted by Gasteiger charge is 2.34. The molecule has 1 rings (SSSR count). The third-order valence-corrected chi connectivity index (χ3v) is 4.52. The molecule has 1 aliphatic heterocycles. The molecule has 0 spiro atoms. The molecule has 0 aromatic carbocycles. The summed E-state index contributed by atoms with van der Waals surface area (Å²) < 4.78 is 10.8. The zero-order valence-electron chi connectivity index (χ0n) is 15.7. The molecule has 6 nitrogen and oxygen atoms in total.